The van der Waals surface area contributed by atoms with E-state index < -0.39 is 5.97 Å². The van der Waals surface area contributed by atoms with Gasteiger partial charge in [-0.2, -0.15) is 5.26 Å². The van der Waals surface area contributed by atoms with Crippen molar-refractivity contribution < 1.29 is 19.1 Å². The molecule has 0 saturated carbocycles. The largest absolute Gasteiger partial charge is 0.468 e. The molecule has 0 heterocycles. The third-order valence-corrected chi connectivity index (χ3v) is 2.96. The molecule has 2 aromatic rings. The second-order valence-electron chi connectivity index (χ2n) is 4.52. The zero-order valence-electron chi connectivity index (χ0n) is 12.4. The van der Waals surface area contributed by atoms with Gasteiger partial charge in [-0.15, -0.1) is 0 Å². The number of esters is 1. The first-order chi connectivity index (χ1) is 11.1. The highest BCUT2D eigenvalue weighted by Gasteiger charge is 2.08. The van der Waals surface area contributed by atoms with Gasteiger partial charge in [-0.25, -0.2) is 0 Å². The van der Waals surface area contributed by atoms with Gasteiger partial charge in [0, 0.05) is 5.56 Å². The van der Waals surface area contributed by atoms with Gasteiger partial charge < -0.3 is 14.8 Å². The summed E-state index contributed by atoms with van der Waals surface area (Å²) in [6.45, 7) is -0.182. The van der Waals surface area contributed by atoms with Crippen molar-refractivity contribution in [3.63, 3.8) is 0 Å². The molecular formula is C17H14N2O4. The molecule has 0 spiro atoms. The molecule has 0 aliphatic heterocycles. The van der Waals surface area contributed by atoms with E-state index in [2.05, 4.69) is 10.1 Å². The Morgan fingerprint density at radius 2 is 1.61 bits per heavy atom. The van der Waals surface area contributed by atoms with Gasteiger partial charge >= 0.3 is 5.97 Å². The van der Waals surface area contributed by atoms with E-state index in [1.807, 2.05) is 6.07 Å². The fourth-order valence-corrected chi connectivity index (χ4v) is 1.73. The number of benzene rings is 2. The normalized spacial score (nSPS) is 9.57. The van der Waals surface area contributed by atoms with Crippen LogP contribution in [0, 0.1) is 11.3 Å². The van der Waals surface area contributed by atoms with E-state index in [0.29, 0.717) is 22.6 Å². The number of carbonyl (C=O) groups is 2. The second kappa shape index (κ2) is 7.61. The summed E-state index contributed by atoms with van der Waals surface area (Å²) in [5.74, 6) is 0.255. The van der Waals surface area contributed by atoms with E-state index in [1.54, 1.807) is 48.5 Å². The van der Waals surface area contributed by atoms with E-state index in [0.717, 1.165) is 0 Å². The Morgan fingerprint density at radius 1 is 1.04 bits per heavy atom. The summed E-state index contributed by atoms with van der Waals surface area (Å²) in [6, 6.07) is 15.2. The lowest BCUT2D eigenvalue weighted by atomic mass is 10.2. The number of rotatable bonds is 5. The molecule has 1 N–H and O–H groups in total. The number of methoxy groups -OCH3 is 1. The first-order valence-electron chi connectivity index (χ1n) is 6.75. The average molecular weight is 310 g/mol. The monoisotopic (exact) mass is 310 g/mol. The number of carbonyl (C=O) groups excluding carboxylic acids is 2. The molecule has 1 amide bonds. The number of nitrogens with one attached hydrogen (secondary N) is 1. The summed E-state index contributed by atoms with van der Waals surface area (Å²) in [4.78, 5) is 22.8. The minimum absolute atomic E-state index is 0.182. The number of hydrogen-bond donors (Lipinski definition) is 1. The summed E-state index contributed by atoms with van der Waals surface area (Å²) in [7, 11) is 1.25. The lowest BCUT2D eigenvalue weighted by molar-refractivity contribution is -0.139. The molecule has 116 valence electrons. The van der Waals surface area contributed by atoms with E-state index in [1.165, 1.54) is 7.11 Å². The van der Waals surface area contributed by atoms with Gasteiger partial charge in [0.25, 0.3) is 5.91 Å². The Kier molecular flexibility index (Phi) is 5.31. The van der Waals surface area contributed by atoms with Crippen LogP contribution < -0.4 is 10.1 Å². The van der Waals surface area contributed by atoms with Crippen molar-refractivity contribution in [3.05, 3.63) is 59.7 Å². The zero-order chi connectivity index (χ0) is 16.7. The van der Waals surface area contributed by atoms with Crippen molar-refractivity contribution in [1.29, 1.82) is 5.26 Å². The molecule has 2 rings (SSSR count). The molecule has 2 aromatic carbocycles. The molecule has 6 nitrogen and oxygen atoms in total. The van der Waals surface area contributed by atoms with E-state index >= 15 is 0 Å². The Labute approximate surface area is 133 Å². The molecule has 0 unspecified atom stereocenters. The average Bonchev–Trinajstić information content (AvgIpc) is 2.60. The molecule has 0 aliphatic carbocycles. The molecule has 0 radical (unpaired) electrons. The molecule has 0 fully saturated rings. The van der Waals surface area contributed by atoms with Crippen LogP contribution >= 0.6 is 0 Å². The predicted molar refractivity (Wildman–Crippen MR) is 82.0 cm³/mol. The Bertz CT molecular complexity index is 731. The van der Waals surface area contributed by atoms with Gasteiger partial charge in [0.15, 0.2) is 0 Å². The van der Waals surface area contributed by atoms with Crippen LogP contribution in [0.25, 0.3) is 0 Å². The summed E-state index contributed by atoms with van der Waals surface area (Å²) >= 11 is 0. The third-order valence-electron chi connectivity index (χ3n) is 2.96. The third kappa shape index (κ3) is 4.58. The Balaban J connectivity index is 1.97. The quantitative estimate of drug-likeness (QED) is 0.856. The molecule has 0 aliphatic rings. The molecule has 0 bridgehead atoms. The molecule has 0 atom stereocenters. The highest BCUT2D eigenvalue weighted by molar-refractivity contribution is 5.96. The number of amides is 1. The van der Waals surface area contributed by atoms with Crippen molar-refractivity contribution in [2.45, 2.75) is 0 Å². The summed E-state index contributed by atoms with van der Waals surface area (Å²) < 4.78 is 10.1. The van der Waals surface area contributed by atoms with Crippen molar-refractivity contribution in [1.82, 2.24) is 5.32 Å². The van der Waals surface area contributed by atoms with Crippen molar-refractivity contribution in [3.8, 4) is 17.6 Å². The number of hydrogen-bond acceptors (Lipinski definition) is 5. The first kappa shape index (κ1) is 16.0. The van der Waals surface area contributed by atoms with Gasteiger partial charge in [-0.05, 0) is 48.5 Å². The van der Waals surface area contributed by atoms with Crippen molar-refractivity contribution in [2.75, 3.05) is 13.7 Å². The van der Waals surface area contributed by atoms with Crippen molar-refractivity contribution in [2.24, 2.45) is 0 Å². The fourth-order valence-electron chi connectivity index (χ4n) is 1.73. The summed E-state index contributed by atoms with van der Waals surface area (Å²) in [6.07, 6.45) is 0. The van der Waals surface area contributed by atoms with Crippen LogP contribution in [-0.4, -0.2) is 25.5 Å². The van der Waals surface area contributed by atoms with Gasteiger partial charge in [0.1, 0.15) is 18.0 Å². The molecule has 23 heavy (non-hydrogen) atoms. The van der Waals surface area contributed by atoms with Crippen molar-refractivity contribution >= 4 is 11.9 Å². The van der Waals surface area contributed by atoms with E-state index in [4.69, 9.17) is 10.00 Å². The van der Waals surface area contributed by atoms with Crippen LogP contribution in [0.5, 0.6) is 11.5 Å². The minimum atomic E-state index is -0.515. The molecule has 0 saturated heterocycles. The highest BCUT2D eigenvalue weighted by Crippen LogP contribution is 2.21. The first-order valence-corrected chi connectivity index (χ1v) is 6.75. The Morgan fingerprint density at radius 3 is 2.13 bits per heavy atom. The lowest BCUT2D eigenvalue weighted by Crippen LogP contribution is -2.30. The maximum absolute atomic E-state index is 11.8. The van der Waals surface area contributed by atoms with Gasteiger partial charge in [0.05, 0.1) is 18.7 Å². The van der Waals surface area contributed by atoms with Crippen LogP contribution in [0.15, 0.2) is 48.5 Å². The summed E-state index contributed by atoms with van der Waals surface area (Å²) in [5.41, 5.74) is 0.955. The van der Waals surface area contributed by atoms with Gasteiger partial charge in [-0.1, -0.05) is 0 Å². The number of nitrogens with zero attached hydrogens (tertiary/aromatic N) is 1. The Hall–Kier alpha value is -3.33. The van der Waals surface area contributed by atoms with Crippen LogP contribution in [0.1, 0.15) is 15.9 Å². The fraction of sp³-hybridized carbons (Fsp3) is 0.118. The van der Waals surface area contributed by atoms with Crippen LogP contribution in [0.4, 0.5) is 0 Å². The minimum Gasteiger partial charge on any atom is -0.468 e. The predicted octanol–water partition coefficient (Wildman–Crippen LogP) is 2.25. The standard InChI is InChI=1S/C17H14N2O4/c1-22-16(20)11-19-17(21)13-4-8-15(9-5-13)23-14-6-2-12(10-18)3-7-14/h2-9H,11H2,1H3,(H,19,21). The van der Waals surface area contributed by atoms with E-state index in [-0.39, 0.29) is 12.5 Å². The number of nitriles is 1. The maximum Gasteiger partial charge on any atom is 0.325 e. The maximum atomic E-state index is 11.8. The molecule has 0 aromatic heterocycles. The van der Waals surface area contributed by atoms with Gasteiger partial charge in [0.2, 0.25) is 0 Å². The van der Waals surface area contributed by atoms with Crippen LogP contribution in [-0.2, 0) is 9.53 Å². The van der Waals surface area contributed by atoms with Crippen LogP contribution in [0.3, 0.4) is 0 Å². The second-order valence-corrected chi connectivity index (χ2v) is 4.52. The number of ether oxygens (including phenoxy) is 2. The zero-order valence-corrected chi connectivity index (χ0v) is 12.4. The summed E-state index contributed by atoms with van der Waals surface area (Å²) in [5, 5.41) is 11.2. The topological polar surface area (TPSA) is 88.4 Å². The van der Waals surface area contributed by atoms with E-state index in [9.17, 15) is 9.59 Å². The van der Waals surface area contributed by atoms with Gasteiger partial charge in [-0.3, -0.25) is 9.59 Å². The smallest absolute Gasteiger partial charge is 0.325 e. The molecular weight excluding hydrogens is 296 g/mol. The SMILES string of the molecule is COC(=O)CNC(=O)c1ccc(Oc2ccc(C#N)cc2)cc1. The molecule has 6 heteroatoms. The highest BCUT2D eigenvalue weighted by atomic mass is 16.5. The lowest BCUT2D eigenvalue weighted by Gasteiger charge is -2.07. The van der Waals surface area contributed by atoms with Crippen LogP contribution in [0.2, 0.25) is 0 Å².